The SMILES string of the molecule is CC(C)Nc1ccc(COC(=O)N2CCCC2CN(C)C(C)C)cc1. The van der Waals surface area contributed by atoms with Gasteiger partial charge in [0, 0.05) is 36.9 Å². The summed E-state index contributed by atoms with van der Waals surface area (Å²) in [6.45, 7) is 10.6. The van der Waals surface area contributed by atoms with Crippen molar-refractivity contribution in [3.8, 4) is 0 Å². The summed E-state index contributed by atoms with van der Waals surface area (Å²) in [7, 11) is 2.11. The number of anilines is 1. The number of carbonyl (C=O) groups is 1. The molecule has 1 aliphatic rings. The summed E-state index contributed by atoms with van der Waals surface area (Å²) in [6, 6.07) is 9.21. The highest BCUT2D eigenvalue weighted by atomic mass is 16.6. The molecule has 1 saturated heterocycles. The Morgan fingerprint density at radius 3 is 2.56 bits per heavy atom. The number of ether oxygens (including phenoxy) is 1. The van der Waals surface area contributed by atoms with Crippen molar-refractivity contribution < 1.29 is 9.53 Å². The fraction of sp³-hybridized carbons (Fsp3) is 0.650. The summed E-state index contributed by atoms with van der Waals surface area (Å²) in [5.74, 6) is 0. The van der Waals surface area contributed by atoms with Gasteiger partial charge in [0.25, 0.3) is 0 Å². The van der Waals surface area contributed by atoms with Crippen molar-refractivity contribution >= 4 is 11.8 Å². The van der Waals surface area contributed by atoms with Crippen molar-refractivity contribution in [2.24, 2.45) is 0 Å². The molecule has 140 valence electrons. The van der Waals surface area contributed by atoms with Crippen molar-refractivity contribution in [1.82, 2.24) is 9.80 Å². The van der Waals surface area contributed by atoms with Crippen molar-refractivity contribution in [1.29, 1.82) is 0 Å². The molecule has 0 aromatic heterocycles. The van der Waals surface area contributed by atoms with Gasteiger partial charge in [0.05, 0.1) is 0 Å². The van der Waals surface area contributed by atoms with Crippen LogP contribution in [0.25, 0.3) is 0 Å². The lowest BCUT2D eigenvalue weighted by molar-refractivity contribution is 0.0837. The molecule has 0 bridgehead atoms. The molecule has 5 nitrogen and oxygen atoms in total. The second kappa shape index (κ2) is 9.09. The number of likely N-dealkylation sites (tertiary alicyclic amines) is 1. The molecule has 0 saturated carbocycles. The molecule has 1 aromatic rings. The van der Waals surface area contributed by atoms with Gasteiger partial charge in [0.1, 0.15) is 6.61 Å². The zero-order chi connectivity index (χ0) is 18.4. The molecule has 1 heterocycles. The average molecular weight is 348 g/mol. The van der Waals surface area contributed by atoms with Crippen LogP contribution in [0.15, 0.2) is 24.3 Å². The number of nitrogens with one attached hydrogen (secondary N) is 1. The van der Waals surface area contributed by atoms with Crippen molar-refractivity contribution in [2.75, 3.05) is 25.5 Å². The van der Waals surface area contributed by atoms with E-state index in [2.05, 4.69) is 45.0 Å². The van der Waals surface area contributed by atoms with Crippen LogP contribution < -0.4 is 5.32 Å². The first-order valence-corrected chi connectivity index (χ1v) is 9.36. The lowest BCUT2D eigenvalue weighted by Crippen LogP contribution is -2.44. The number of carbonyl (C=O) groups excluding carboxylic acids is 1. The third-order valence-corrected chi connectivity index (χ3v) is 4.76. The number of rotatable bonds is 7. The van der Waals surface area contributed by atoms with Crippen molar-refractivity contribution in [3.05, 3.63) is 29.8 Å². The normalized spacial score (nSPS) is 17.6. The van der Waals surface area contributed by atoms with Crippen LogP contribution in [0.5, 0.6) is 0 Å². The topological polar surface area (TPSA) is 44.8 Å². The molecule has 1 fully saturated rings. The molecule has 2 rings (SSSR count). The Hall–Kier alpha value is -1.75. The van der Waals surface area contributed by atoms with E-state index in [1.165, 1.54) is 0 Å². The molecule has 1 N–H and O–H groups in total. The van der Waals surface area contributed by atoms with Gasteiger partial charge in [-0.2, -0.15) is 0 Å². The van der Waals surface area contributed by atoms with E-state index in [1.54, 1.807) is 0 Å². The minimum absolute atomic E-state index is 0.191. The van der Waals surface area contributed by atoms with Crippen LogP contribution in [0.3, 0.4) is 0 Å². The van der Waals surface area contributed by atoms with Gasteiger partial charge in [-0.25, -0.2) is 4.79 Å². The van der Waals surface area contributed by atoms with Gasteiger partial charge in [-0.1, -0.05) is 12.1 Å². The molecule has 0 spiro atoms. The maximum Gasteiger partial charge on any atom is 0.410 e. The first-order valence-electron chi connectivity index (χ1n) is 9.36. The van der Waals surface area contributed by atoms with Gasteiger partial charge in [-0.3, -0.25) is 0 Å². The first-order chi connectivity index (χ1) is 11.9. The summed E-state index contributed by atoms with van der Waals surface area (Å²) < 4.78 is 5.55. The maximum atomic E-state index is 12.5. The summed E-state index contributed by atoms with van der Waals surface area (Å²) in [4.78, 5) is 16.7. The maximum absolute atomic E-state index is 12.5. The van der Waals surface area contributed by atoms with Gasteiger partial charge in [0.2, 0.25) is 0 Å². The minimum atomic E-state index is -0.191. The lowest BCUT2D eigenvalue weighted by atomic mass is 10.2. The third kappa shape index (κ3) is 5.92. The Morgan fingerprint density at radius 1 is 1.28 bits per heavy atom. The van der Waals surface area contributed by atoms with E-state index in [0.29, 0.717) is 18.7 Å². The number of nitrogens with zero attached hydrogens (tertiary/aromatic N) is 2. The number of amides is 1. The second-order valence-electron chi connectivity index (χ2n) is 7.57. The van der Waals surface area contributed by atoms with Gasteiger partial charge >= 0.3 is 6.09 Å². The quantitative estimate of drug-likeness (QED) is 0.811. The summed E-state index contributed by atoms with van der Waals surface area (Å²) in [5.41, 5.74) is 2.10. The highest BCUT2D eigenvalue weighted by Crippen LogP contribution is 2.20. The van der Waals surface area contributed by atoms with E-state index in [-0.39, 0.29) is 12.1 Å². The van der Waals surface area contributed by atoms with Crippen LogP contribution in [-0.4, -0.2) is 54.2 Å². The summed E-state index contributed by atoms with van der Waals surface area (Å²) >= 11 is 0. The molecule has 1 amide bonds. The van der Waals surface area contributed by atoms with E-state index < -0.39 is 0 Å². The Morgan fingerprint density at radius 2 is 1.96 bits per heavy atom. The van der Waals surface area contributed by atoms with Gasteiger partial charge in [0.15, 0.2) is 0 Å². The monoisotopic (exact) mass is 347 g/mol. The van der Waals surface area contributed by atoms with Gasteiger partial charge in [-0.15, -0.1) is 0 Å². The zero-order valence-corrected chi connectivity index (χ0v) is 16.3. The molecule has 1 atom stereocenters. The minimum Gasteiger partial charge on any atom is -0.445 e. The molecular weight excluding hydrogens is 314 g/mol. The fourth-order valence-electron chi connectivity index (χ4n) is 3.07. The first kappa shape index (κ1) is 19.6. The molecule has 25 heavy (non-hydrogen) atoms. The lowest BCUT2D eigenvalue weighted by Gasteiger charge is -2.30. The van der Waals surface area contributed by atoms with E-state index in [9.17, 15) is 4.79 Å². The Labute approximate surface area is 152 Å². The molecular formula is C20H33N3O2. The second-order valence-corrected chi connectivity index (χ2v) is 7.57. The predicted octanol–water partition coefficient (Wildman–Crippen LogP) is 3.95. The van der Waals surface area contributed by atoms with E-state index in [1.807, 2.05) is 29.2 Å². The summed E-state index contributed by atoms with van der Waals surface area (Å²) in [5, 5.41) is 3.35. The molecule has 5 heteroatoms. The van der Waals surface area contributed by atoms with Crippen LogP contribution in [0, 0.1) is 0 Å². The van der Waals surface area contributed by atoms with Crippen LogP contribution in [0.1, 0.15) is 46.1 Å². The molecule has 1 unspecified atom stereocenters. The number of hydrogen-bond donors (Lipinski definition) is 1. The van der Waals surface area contributed by atoms with Crippen LogP contribution >= 0.6 is 0 Å². The molecule has 0 radical (unpaired) electrons. The van der Waals surface area contributed by atoms with Crippen LogP contribution in [0.2, 0.25) is 0 Å². The standard InChI is InChI=1S/C20H33N3O2/c1-15(2)21-18-10-8-17(9-11-18)14-25-20(24)23-12-6-7-19(23)13-22(5)16(3)4/h8-11,15-16,19,21H,6-7,12-14H2,1-5H3. The Balaban J connectivity index is 1.84. The third-order valence-electron chi connectivity index (χ3n) is 4.76. The Kier molecular flexibility index (Phi) is 7.12. The van der Waals surface area contributed by atoms with E-state index >= 15 is 0 Å². The van der Waals surface area contributed by atoms with Gasteiger partial charge < -0.3 is 19.9 Å². The molecule has 0 aliphatic carbocycles. The molecule has 1 aliphatic heterocycles. The number of benzene rings is 1. The highest BCUT2D eigenvalue weighted by Gasteiger charge is 2.30. The van der Waals surface area contributed by atoms with Crippen molar-refractivity contribution in [3.63, 3.8) is 0 Å². The average Bonchev–Trinajstić information content (AvgIpc) is 3.01. The van der Waals surface area contributed by atoms with E-state index in [0.717, 1.165) is 37.2 Å². The highest BCUT2D eigenvalue weighted by molar-refractivity contribution is 5.68. The Bertz CT molecular complexity index is 542. The van der Waals surface area contributed by atoms with Crippen LogP contribution in [-0.2, 0) is 11.3 Å². The van der Waals surface area contributed by atoms with Crippen molar-refractivity contribution in [2.45, 2.75) is 65.3 Å². The summed E-state index contributed by atoms with van der Waals surface area (Å²) in [6.07, 6.45) is 1.92. The zero-order valence-electron chi connectivity index (χ0n) is 16.3. The van der Waals surface area contributed by atoms with E-state index in [4.69, 9.17) is 4.74 Å². The number of hydrogen-bond acceptors (Lipinski definition) is 4. The fourth-order valence-corrected chi connectivity index (χ4v) is 3.07. The predicted molar refractivity (Wildman–Crippen MR) is 103 cm³/mol. The number of likely N-dealkylation sites (N-methyl/N-ethyl adjacent to an activating group) is 1. The largest absolute Gasteiger partial charge is 0.445 e. The van der Waals surface area contributed by atoms with Crippen LogP contribution in [0.4, 0.5) is 10.5 Å². The smallest absolute Gasteiger partial charge is 0.410 e. The molecule has 1 aromatic carbocycles. The van der Waals surface area contributed by atoms with Gasteiger partial charge in [-0.05, 0) is 65.3 Å².